The monoisotopic (exact) mass is 747 g/mol. The minimum Gasteiger partial charge on any atom is -0.394 e. The summed E-state index contributed by atoms with van der Waals surface area (Å²) in [6, 6.07) is -0.848. The van der Waals surface area contributed by atoms with Gasteiger partial charge in [0.1, 0.15) is 84.8 Å². The van der Waals surface area contributed by atoms with Gasteiger partial charge in [-0.2, -0.15) is 0 Å². The highest BCUT2D eigenvalue weighted by Gasteiger charge is 2.51. The maximum Gasteiger partial charge on any atom is 0.247 e. The van der Waals surface area contributed by atoms with Crippen LogP contribution in [0, 0.1) is 0 Å². The van der Waals surface area contributed by atoms with E-state index in [0.29, 0.717) is 0 Å². The Morgan fingerprint density at radius 1 is 0.647 bits per heavy atom. The van der Waals surface area contributed by atoms with E-state index >= 15 is 0 Å². The number of aliphatic hydroxyl groups excluding tert-OH is 12. The molecule has 0 aromatic heterocycles. The van der Waals surface area contributed by atoms with Crippen molar-refractivity contribution < 1.29 is 99.3 Å². The van der Waals surface area contributed by atoms with Crippen LogP contribution in [0.1, 0.15) is 6.42 Å². The van der Waals surface area contributed by atoms with Gasteiger partial charge in [-0.05, 0) is 7.05 Å². The Balaban J connectivity index is 1.64. The Labute approximate surface area is 290 Å². The van der Waals surface area contributed by atoms with Gasteiger partial charge in [0.25, 0.3) is 0 Å². The number of nitrogens with one attached hydrogen (secondary N) is 2. The van der Waals surface area contributed by atoms with E-state index in [4.69, 9.17) is 28.4 Å². The third-order valence-electron chi connectivity index (χ3n) is 9.11. The minimum absolute atomic E-state index is 0.128. The normalized spacial score (nSPS) is 42.8. The number of rotatable bonds is 17. The van der Waals surface area contributed by atoms with E-state index in [0.717, 1.165) is 0 Å². The molecule has 16 atom stereocenters. The number of carbonyl (C=O) groups excluding carboxylic acids is 2. The lowest BCUT2D eigenvalue weighted by atomic mass is 9.97. The highest BCUT2D eigenvalue weighted by Crippen LogP contribution is 2.29. The van der Waals surface area contributed by atoms with Crippen LogP contribution in [-0.4, -0.2) is 235 Å². The number of ether oxygens (including phenoxy) is 6. The summed E-state index contributed by atoms with van der Waals surface area (Å²) in [5.41, 5.74) is -2.07. The molecule has 23 heteroatoms. The number of aliphatic hydroxyl groups is 12. The first-order valence-electron chi connectivity index (χ1n) is 16.2. The SMILES string of the molecule is CNCN1C(=O)C1CC(=O)NC(COC1OC(CO)C(O)C(O)C1O)(COC1OC(CO)C(O)C(O)C1O)COC1OC(CO)C(O)C(O)C1O. The van der Waals surface area contributed by atoms with Gasteiger partial charge < -0.3 is 105 Å². The molecule has 296 valence electrons. The predicted octanol–water partition coefficient (Wildman–Crippen LogP) is -9.93. The summed E-state index contributed by atoms with van der Waals surface area (Å²) >= 11 is 0. The molecule has 0 aromatic carbocycles. The quantitative estimate of drug-likeness (QED) is 0.0614. The largest absolute Gasteiger partial charge is 0.394 e. The second-order valence-corrected chi connectivity index (χ2v) is 12.9. The molecule has 0 bridgehead atoms. The zero-order valence-corrected chi connectivity index (χ0v) is 27.5. The molecule has 0 spiro atoms. The van der Waals surface area contributed by atoms with Crippen molar-refractivity contribution in [3.05, 3.63) is 0 Å². The molecule has 0 saturated carbocycles. The van der Waals surface area contributed by atoms with Gasteiger partial charge in [-0.3, -0.25) is 9.59 Å². The fourth-order valence-electron chi connectivity index (χ4n) is 5.91. The number of nitrogens with zero attached hydrogens (tertiary/aromatic N) is 1. The van der Waals surface area contributed by atoms with Gasteiger partial charge in [0.2, 0.25) is 11.8 Å². The fourth-order valence-corrected chi connectivity index (χ4v) is 5.91. The van der Waals surface area contributed by atoms with E-state index in [2.05, 4.69) is 10.6 Å². The van der Waals surface area contributed by atoms with E-state index in [-0.39, 0.29) is 12.6 Å². The fraction of sp³-hybridized carbons (Fsp3) is 0.929. The Morgan fingerprint density at radius 2 is 1.00 bits per heavy atom. The molecular weight excluding hydrogens is 698 g/mol. The van der Waals surface area contributed by atoms with Crippen LogP contribution in [0.15, 0.2) is 0 Å². The molecule has 4 rings (SSSR count). The van der Waals surface area contributed by atoms with Crippen molar-refractivity contribution in [2.45, 2.75) is 110 Å². The Hall–Kier alpha value is -1.82. The zero-order valence-electron chi connectivity index (χ0n) is 27.5. The van der Waals surface area contributed by atoms with Crippen LogP contribution in [0.25, 0.3) is 0 Å². The lowest BCUT2D eigenvalue weighted by Crippen LogP contribution is -2.65. The first-order chi connectivity index (χ1) is 24.1. The summed E-state index contributed by atoms with van der Waals surface area (Å²) in [5.74, 6) is -1.20. The number of hydrogen-bond acceptors (Lipinski definition) is 21. The smallest absolute Gasteiger partial charge is 0.247 e. The average molecular weight is 748 g/mol. The van der Waals surface area contributed by atoms with Gasteiger partial charge in [-0.15, -0.1) is 0 Å². The second-order valence-electron chi connectivity index (χ2n) is 12.9. The Kier molecular flexibility index (Phi) is 14.8. The molecule has 4 heterocycles. The van der Waals surface area contributed by atoms with Crippen molar-refractivity contribution in [2.75, 3.05) is 53.4 Å². The van der Waals surface area contributed by atoms with Crippen LogP contribution in [-0.2, 0) is 38.0 Å². The maximum absolute atomic E-state index is 13.5. The number of amides is 2. The molecule has 14 N–H and O–H groups in total. The van der Waals surface area contributed by atoms with Gasteiger partial charge >= 0.3 is 0 Å². The molecule has 0 radical (unpaired) electrons. The molecule has 4 saturated heterocycles. The highest BCUT2D eigenvalue weighted by atomic mass is 16.7. The van der Waals surface area contributed by atoms with E-state index in [1.54, 1.807) is 7.05 Å². The maximum atomic E-state index is 13.5. The van der Waals surface area contributed by atoms with Gasteiger partial charge in [0.15, 0.2) is 18.9 Å². The standard InChI is InChI=1S/C28H49N3O20/c1-29-9-31-10(24(31)45)2-14(35)30-28(6-46-25-21(42)18(39)15(36)11(3-32)49-25,7-47-26-22(43)19(40)16(37)12(4-33)50-26)8-48-27-23(44)20(41)17(38)13(5-34)51-27/h10-13,15-23,25-27,29,32-34,36-44H,2-9H2,1H3,(H,30,35). The second kappa shape index (κ2) is 18.0. The lowest BCUT2D eigenvalue weighted by Gasteiger charge is -2.44. The first kappa shape index (κ1) is 41.9. The third kappa shape index (κ3) is 9.47. The molecule has 16 unspecified atom stereocenters. The Morgan fingerprint density at radius 3 is 1.31 bits per heavy atom. The van der Waals surface area contributed by atoms with Crippen molar-refractivity contribution >= 4 is 11.8 Å². The Bertz CT molecular complexity index is 1040. The highest BCUT2D eigenvalue weighted by molar-refractivity contribution is 6.00. The minimum atomic E-state index is -2.07. The third-order valence-corrected chi connectivity index (χ3v) is 9.11. The summed E-state index contributed by atoms with van der Waals surface area (Å²) in [5, 5.41) is 127. The van der Waals surface area contributed by atoms with Gasteiger partial charge in [0.05, 0.1) is 52.7 Å². The van der Waals surface area contributed by atoms with Crippen LogP contribution in [0.2, 0.25) is 0 Å². The lowest BCUT2D eigenvalue weighted by molar-refractivity contribution is -0.324. The summed E-state index contributed by atoms with van der Waals surface area (Å²) < 4.78 is 33.4. The molecule has 4 fully saturated rings. The van der Waals surface area contributed by atoms with Crippen molar-refractivity contribution in [1.29, 1.82) is 0 Å². The molecule has 4 aliphatic rings. The first-order valence-corrected chi connectivity index (χ1v) is 16.2. The average Bonchev–Trinajstić information content (AvgIpc) is 3.72. The molecule has 0 aliphatic carbocycles. The zero-order chi connectivity index (χ0) is 37.8. The van der Waals surface area contributed by atoms with Gasteiger partial charge in [-0.1, -0.05) is 0 Å². The summed E-state index contributed by atoms with van der Waals surface area (Å²) in [4.78, 5) is 27.1. The van der Waals surface area contributed by atoms with E-state index in [9.17, 15) is 70.9 Å². The van der Waals surface area contributed by atoms with Gasteiger partial charge in [0, 0.05) is 0 Å². The molecule has 51 heavy (non-hydrogen) atoms. The molecule has 23 nitrogen and oxygen atoms in total. The van der Waals surface area contributed by atoms with Crippen molar-refractivity contribution in [3.8, 4) is 0 Å². The van der Waals surface area contributed by atoms with Crippen LogP contribution < -0.4 is 10.6 Å². The van der Waals surface area contributed by atoms with Crippen molar-refractivity contribution in [1.82, 2.24) is 15.5 Å². The number of hydrogen-bond donors (Lipinski definition) is 14. The summed E-state index contributed by atoms with van der Waals surface area (Å²) in [6.07, 6.45) is -26.7. The van der Waals surface area contributed by atoms with Crippen molar-refractivity contribution in [2.24, 2.45) is 0 Å². The molecule has 4 aliphatic heterocycles. The topological polar surface area (TPSA) is 359 Å². The number of carbonyl (C=O) groups is 2. The van der Waals surface area contributed by atoms with Crippen LogP contribution in [0.4, 0.5) is 0 Å². The van der Waals surface area contributed by atoms with Crippen LogP contribution in [0.3, 0.4) is 0 Å². The van der Waals surface area contributed by atoms with Crippen LogP contribution >= 0.6 is 0 Å². The molecular formula is C28H49N3O20. The van der Waals surface area contributed by atoms with Crippen molar-refractivity contribution in [3.63, 3.8) is 0 Å². The summed E-state index contributed by atoms with van der Waals surface area (Å²) in [7, 11) is 1.58. The van der Waals surface area contributed by atoms with Gasteiger partial charge in [-0.25, -0.2) is 0 Å². The van der Waals surface area contributed by atoms with Crippen LogP contribution in [0.5, 0.6) is 0 Å². The summed E-state index contributed by atoms with van der Waals surface area (Å²) in [6.45, 7) is -4.79. The van der Waals surface area contributed by atoms with E-state index in [1.807, 2.05) is 0 Å². The molecule has 0 aromatic rings. The predicted molar refractivity (Wildman–Crippen MR) is 159 cm³/mol. The van der Waals surface area contributed by atoms with E-state index in [1.165, 1.54) is 4.90 Å². The molecule has 2 amide bonds. The van der Waals surface area contributed by atoms with E-state index < -0.39 is 156 Å².